The molecule has 12 heteroatoms. The lowest BCUT2D eigenvalue weighted by molar-refractivity contribution is 0.0537. The molecule has 1 aliphatic rings. The third-order valence-corrected chi connectivity index (χ3v) is 7.39. The van der Waals surface area contributed by atoms with Crippen molar-refractivity contribution < 1.29 is 23.7 Å². The number of nitrogens with two attached hydrogens (primary N) is 2. The van der Waals surface area contributed by atoms with Gasteiger partial charge in [0, 0.05) is 54.9 Å². The summed E-state index contributed by atoms with van der Waals surface area (Å²) in [7, 11) is 4.89. The first-order chi connectivity index (χ1) is 22.5. The van der Waals surface area contributed by atoms with Gasteiger partial charge >= 0.3 is 0 Å². The molecule has 46 heavy (non-hydrogen) atoms. The number of anilines is 2. The van der Waals surface area contributed by atoms with Gasteiger partial charge in [0.05, 0.1) is 40.3 Å². The first-order valence-corrected chi connectivity index (χ1v) is 14.8. The zero-order chi connectivity index (χ0) is 32.3. The molecule has 240 valence electrons. The van der Waals surface area contributed by atoms with Gasteiger partial charge in [-0.15, -0.1) is 0 Å². The molecule has 0 spiro atoms. The van der Waals surface area contributed by atoms with E-state index in [0.717, 1.165) is 33.4 Å². The Balaban J connectivity index is 1.35. The second-order valence-corrected chi connectivity index (χ2v) is 10.4. The summed E-state index contributed by atoms with van der Waals surface area (Å²) < 4.78 is 27.7. The normalized spacial score (nSPS) is 14.0. The minimum absolute atomic E-state index is 0.139. The van der Waals surface area contributed by atoms with Crippen LogP contribution in [0.2, 0.25) is 0 Å². The van der Waals surface area contributed by atoms with Crippen LogP contribution in [0.15, 0.2) is 78.3 Å². The summed E-state index contributed by atoms with van der Waals surface area (Å²) in [6.45, 7) is 1.93. The van der Waals surface area contributed by atoms with Crippen molar-refractivity contribution >= 4 is 18.0 Å². The molecule has 0 saturated carbocycles. The molecule has 0 saturated heterocycles. The molecule has 0 fully saturated rings. The van der Waals surface area contributed by atoms with E-state index in [1.165, 1.54) is 0 Å². The summed E-state index contributed by atoms with van der Waals surface area (Å²) in [6.07, 6.45) is 10.4. The van der Waals surface area contributed by atoms with Crippen LogP contribution in [0.3, 0.4) is 0 Å². The number of nitrogen functional groups attached to an aromatic ring is 2. The molecule has 12 nitrogen and oxygen atoms in total. The molecule has 0 radical (unpaired) electrons. The van der Waals surface area contributed by atoms with E-state index in [1.54, 1.807) is 27.5 Å². The van der Waals surface area contributed by atoms with E-state index in [-0.39, 0.29) is 12.0 Å². The minimum atomic E-state index is -0.187. The molecular weight excluding hydrogens is 586 g/mol. The molecule has 2 aromatic heterocycles. The van der Waals surface area contributed by atoms with Crippen LogP contribution in [0.4, 0.5) is 11.8 Å². The highest BCUT2D eigenvalue weighted by atomic mass is 16.5. The fourth-order valence-electron chi connectivity index (χ4n) is 5.20. The van der Waals surface area contributed by atoms with E-state index in [2.05, 4.69) is 39.2 Å². The number of nitrogens with zero attached hydrogens (tertiary/aromatic N) is 5. The van der Waals surface area contributed by atoms with Crippen LogP contribution in [-0.4, -0.2) is 73.9 Å². The maximum Gasteiger partial charge on any atom is 0.221 e. The molecule has 2 aromatic carbocycles. The van der Waals surface area contributed by atoms with Gasteiger partial charge in [-0.05, 0) is 35.2 Å². The van der Waals surface area contributed by atoms with E-state index >= 15 is 0 Å². The maximum atomic E-state index is 6.10. The number of fused-ring (bicyclic) bond motifs is 1. The third kappa shape index (κ3) is 7.89. The van der Waals surface area contributed by atoms with Gasteiger partial charge in [-0.2, -0.15) is 10.1 Å². The van der Waals surface area contributed by atoms with E-state index in [4.69, 9.17) is 40.3 Å². The first-order valence-electron chi connectivity index (χ1n) is 14.8. The Labute approximate surface area is 268 Å². The number of rotatable bonds is 15. The Bertz CT molecular complexity index is 1660. The summed E-state index contributed by atoms with van der Waals surface area (Å²) in [4.78, 5) is 12.7. The second kappa shape index (κ2) is 15.7. The number of hydrazone groups is 1. The van der Waals surface area contributed by atoms with E-state index in [0.29, 0.717) is 62.5 Å². The topological polar surface area (TPSA) is 152 Å². The zero-order valence-corrected chi connectivity index (χ0v) is 26.3. The number of aromatic nitrogens is 3. The molecule has 5 rings (SSSR count). The fourth-order valence-corrected chi connectivity index (χ4v) is 5.20. The van der Waals surface area contributed by atoms with Crippen LogP contribution < -0.4 is 25.7 Å². The molecule has 0 aliphatic carbocycles. The van der Waals surface area contributed by atoms with Crippen molar-refractivity contribution in [2.24, 2.45) is 5.10 Å². The van der Waals surface area contributed by atoms with Crippen molar-refractivity contribution in [1.82, 2.24) is 20.0 Å². The second-order valence-electron chi connectivity index (χ2n) is 10.4. The SMILES string of the molecule is COCCOCCOc1ccc(C2c3ccccc3C=NN2/C=C/Cc2cc(Cc3cnc(N)nc3N)cc(OC)c2OC)cn1. The number of hydrogen-bond acceptors (Lipinski definition) is 12. The molecule has 1 unspecified atom stereocenters. The van der Waals surface area contributed by atoms with Crippen LogP contribution in [0.1, 0.15) is 39.4 Å². The highest BCUT2D eigenvalue weighted by Crippen LogP contribution is 2.36. The van der Waals surface area contributed by atoms with Crippen LogP contribution in [-0.2, 0) is 22.3 Å². The summed E-state index contributed by atoms with van der Waals surface area (Å²) >= 11 is 0. The Morgan fingerprint density at radius 2 is 1.74 bits per heavy atom. The Morgan fingerprint density at radius 1 is 0.891 bits per heavy atom. The first kappa shape index (κ1) is 32.2. The van der Waals surface area contributed by atoms with Crippen LogP contribution in [0.5, 0.6) is 17.4 Å². The highest BCUT2D eigenvalue weighted by molar-refractivity contribution is 5.83. The van der Waals surface area contributed by atoms with Gasteiger partial charge in [-0.1, -0.05) is 36.4 Å². The minimum Gasteiger partial charge on any atom is -0.493 e. The van der Waals surface area contributed by atoms with Gasteiger partial charge in [-0.3, -0.25) is 5.01 Å². The maximum absolute atomic E-state index is 6.10. The van der Waals surface area contributed by atoms with Gasteiger partial charge in [0.15, 0.2) is 11.5 Å². The van der Waals surface area contributed by atoms with Gasteiger partial charge in [-0.25, -0.2) is 9.97 Å². The van der Waals surface area contributed by atoms with Crippen LogP contribution in [0, 0.1) is 0 Å². The van der Waals surface area contributed by atoms with Crippen molar-refractivity contribution in [2.45, 2.75) is 18.9 Å². The highest BCUT2D eigenvalue weighted by Gasteiger charge is 2.25. The number of methoxy groups -OCH3 is 3. The van der Waals surface area contributed by atoms with E-state index < -0.39 is 0 Å². The van der Waals surface area contributed by atoms with Gasteiger partial charge < -0.3 is 35.2 Å². The average molecular weight is 626 g/mol. The molecule has 4 N–H and O–H groups in total. The molecular formula is C34H39N7O5. The lowest BCUT2D eigenvalue weighted by atomic mass is 9.94. The summed E-state index contributed by atoms with van der Waals surface area (Å²) in [6, 6.07) is 15.9. The van der Waals surface area contributed by atoms with Crippen molar-refractivity contribution in [1.29, 1.82) is 0 Å². The smallest absolute Gasteiger partial charge is 0.221 e. The van der Waals surface area contributed by atoms with Crippen LogP contribution >= 0.6 is 0 Å². The summed E-state index contributed by atoms with van der Waals surface area (Å²) in [5.74, 6) is 2.29. The third-order valence-electron chi connectivity index (χ3n) is 7.39. The number of hydrogen-bond donors (Lipinski definition) is 2. The number of pyridine rings is 1. The lowest BCUT2D eigenvalue weighted by Crippen LogP contribution is -2.25. The molecule has 1 atom stereocenters. The molecule has 0 bridgehead atoms. The van der Waals surface area contributed by atoms with Gasteiger partial charge in [0.1, 0.15) is 18.5 Å². The zero-order valence-electron chi connectivity index (χ0n) is 26.3. The van der Waals surface area contributed by atoms with Gasteiger partial charge in [0.2, 0.25) is 11.8 Å². The van der Waals surface area contributed by atoms with Crippen molar-refractivity contribution in [2.75, 3.05) is 59.2 Å². The molecule has 0 amide bonds. The fraction of sp³-hybridized carbons (Fsp3) is 0.294. The quantitative estimate of drug-likeness (QED) is 0.183. The van der Waals surface area contributed by atoms with E-state index in [9.17, 15) is 0 Å². The van der Waals surface area contributed by atoms with E-state index in [1.807, 2.05) is 54.0 Å². The molecule has 4 aromatic rings. The number of benzene rings is 2. The summed E-state index contributed by atoms with van der Waals surface area (Å²) in [5.41, 5.74) is 17.6. The van der Waals surface area contributed by atoms with Crippen molar-refractivity contribution in [3.05, 3.63) is 107 Å². The summed E-state index contributed by atoms with van der Waals surface area (Å²) in [5, 5.41) is 6.71. The Kier molecular flexibility index (Phi) is 11.0. The predicted octanol–water partition coefficient (Wildman–Crippen LogP) is 4.18. The Hall–Kier alpha value is -5.20. The monoisotopic (exact) mass is 625 g/mol. The van der Waals surface area contributed by atoms with Crippen molar-refractivity contribution in [3.8, 4) is 17.4 Å². The lowest BCUT2D eigenvalue weighted by Gasteiger charge is -2.31. The number of allylic oxidation sites excluding steroid dienone is 1. The average Bonchev–Trinajstić information content (AvgIpc) is 3.07. The van der Waals surface area contributed by atoms with Crippen molar-refractivity contribution in [3.63, 3.8) is 0 Å². The Morgan fingerprint density at radius 3 is 2.50 bits per heavy atom. The molecule has 1 aliphatic heterocycles. The molecule has 3 heterocycles. The van der Waals surface area contributed by atoms with Crippen LogP contribution in [0.25, 0.3) is 0 Å². The number of ether oxygens (including phenoxy) is 5. The predicted molar refractivity (Wildman–Crippen MR) is 176 cm³/mol. The van der Waals surface area contributed by atoms with Gasteiger partial charge in [0.25, 0.3) is 0 Å². The largest absolute Gasteiger partial charge is 0.493 e. The standard InChI is InChI=1S/C34H39N7O5/c1-42-13-14-45-15-16-46-30-11-10-26(20-37-30)31-28-9-5-4-7-25(28)22-39-41(31)12-6-8-24-17-23(19-29(43-2)32(24)44-3)18-27-21-38-34(36)40-33(27)35/h4-7,9-12,17,19-22,31H,8,13-16,18H2,1-3H3,(H4,35,36,38,40)/b12-6+.